The van der Waals surface area contributed by atoms with Crippen molar-refractivity contribution < 1.29 is 9.59 Å². The summed E-state index contributed by atoms with van der Waals surface area (Å²) in [6.45, 7) is 6.34. The Hall–Kier alpha value is -2.63. The summed E-state index contributed by atoms with van der Waals surface area (Å²) in [6.07, 6.45) is 6.92. The van der Waals surface area contributed by atoms with Crippen LogP contribution in [0.3, 0.4) is 0 Å². The van der Waals surface area contributed by atoms with Crippen LogP contribution in [0.25, 0.3) is 0 Å². The van der Waals surface area contributed by atoms with Gasteiger partial charge in [0.2, 0.25) is 11.8 Å². The monoisotopic (exact) mass is 382 g/mol. The first-order chi connectivity index (χ1) is 13.5. The summed E-state index contributed by atoms with van der Waals surface area (Å²) in [5, 5.41) is 0. The molecule has 1 aliphatic heterocycles. The second-order valence-electron chi connectivity index (χ2n) is 7.50. The molecule has 3 rings (SSSR count). The Morgan fingerprint density at radius 2 is 2.04 bits per heavy atom. The van der Waals surface area contributed by atoms with Crippen molar-refractivity contribution in [2.45, 2.75) is 52.1 Å². The summed E-state index contributed by atoms with van der Waals surface area (Å²) < 4.78 is 2.05. The summed E-state index contributed by atoms with van der Waals surface area (Å²) in [5.74, 6) is 1.22. The maximum absolute atomic E-state index is 12.6. The minimum absolute atomic E-state index is 0.0705. The predicted molar refractivity (Wildman–Crippen MR) is 109 cm³/mol. The van der Waals surface area contributed by atoms with Crippen molar-refractivity contribution in [1.82, 2.24) is 19.4 Å². The van der Waals surface area contributed by atoms with Crippen molar-refractivity contribution in [3.8, 4) is 0 Å². The van der Waals surface area contributed by atoms with E-state index in [1.165, 1.54) is 5.56 Å². The molecule has 6 nitrogen and oxygen atoms in total. The van der Waals surface area contributed by atoms with Gasteiger partial charge >= 0.3 is 0 Å². The number of nitrogens with zero attached hydrogens (tertiary/aromatic N) is 4. The van der Waals surface area contributed by atoms with Crippen LogP contribution in [0.15, 0.2) is 42.7 Å². The highest BCUT2D eigenvalue weighted by molar-refractivity contribution is 5.77. The first-order valence-corrected chi connectivity index (χ1v) is 10.1. The second kappa shape index (κ2) is 9.53. The highest BCUT2D eigenvalue weighted by Gasteiger charge is 2.31. The molecule has 0 saturated carbocycles. The lowest BCUT2D eigenvalue weighted by Gasteiger charge is -2.28. The molecule has 28 heavy (non-hydrogen) atoms. The summed E-state index contributed by atoms with van der Waals surface area (Å²) in [4.78, 5) is 32.8. The van der Waals surface area contributed by atoms with Crippen LogP contribution in [0.4, 0.5) is 0 Å². The minimum Gasteiger partial charge on any atom is -0.341 e. The van der Waals surface area contributed by atoms with Crippen LogP contribution >= 0.6 is 0 Å². The molecular weight excluding hydrogens is 352 g/mol. The molecular formula is C22H30N4O2. The highest BCUT2D eigenvalue weighted by atomic mass is 16.2. The van der Waals surface area contributed by atoms with E-state index in [0.29, 0.717) is 19.5 Å². The molecule has 1 atom stereocenters. The van der Waals surface area contributed by atoms with Gasteiger partial charge in [0.1, 0.15) is 5.82 Å². The third-order valence-electron chi connectivity index (χ3n) is 5.57. The number of imidazole rings is 1. The Kier molecular flexibility index (Phi) is 6.85. The number of aromatic nitrogens is 2. The molecule has 1 fully saturated rings. The van der Waals surface area contributed by atoms with Gasteiger partial charge in [-0.15, -0.1) is 0 Å². The third kappa shape index (κ3) is 5.21. The van der Waals surface area contributed by atoms with E-state index in [-0.39, 0.29) is 17.9 Å². The second-order valence-corrected chi connectivity index (χ2v) is 7.50. The fourth-order valence-corrected chi connectivity index (χ4v) is 3.92. The van der Waals surface area contributed by atoms with Crippen molar-refractivity contribution in [2.75, 3.05) is 19.6 Å². The molecule has 1 aromatic heterocycles. The lowest BCUT2D eigenvalue weighted by atomic mass is 10.1. The van der Waals surface area contributed by atoms with Gasteiger partial charge < -0.3 is 14.4 Å². The molecule has 2 heterocycles. The fourth-order valence-electron chi connectivity index (χ4n) is 3.92. The number of hydrogen-bond donors (Lipinski definition) is 0. The van der Waals surface area contributed by atoms with Gasteiger partial charge in [-0.3, -0.25) is 9.59 Å². The summed E-state index contributed by atoms with van der Waals surface area (Å²) >= 11 is 0. The number of rotatable bonds is 8. The minimum atomic E-state index is 0.0705. The smallest absolute Gasteiger partial charge is 0.222 e. The van der Waals surface area contributed by atoms with E-state index in [4.69, 9.17) is 0 Å². The SMILES string of the molecule is CC(=O)N(CCn1ccnc1C)C1CCN(C(=O)CCCc2ccccc2)C1. The summed E-state index contributed by atoms with van der Waals surface area (Å²) in [5.41, 5.74) is 1.27. The van der Waals surface area contributed by atoms with Crippen molar-refractivity contribution in [1.29, 1.82) is 0 Å². The van der Waals surface area contributed by atoms with E-state index < -0.39 is 0 Å². The molecule has 1 aromatic carbocycles. The van der Waals surface area contributed by atoms with E-state index in [1.54, 1.807) is 13.1 Å². The Labute approximate surface area is 167 Å². The number of benzene rings is 1. The first kappa shape index (κ1) is 20.1. The normalized spacial score (nSPS) is 16.4. The molecule has 1 unspecified atom stereocenters. The van der Waals surface area contributed by atoms with Crippen molar-refractivity contribution >= 4 is 11.8 Å². The van der Waals surface area contributed by atoms with Gasteiger partial charge in [0, 0.05) is 51.9 Å². The van der Waals surface area contributed by atoms with Crippen LogP contribution in [0.1, 0.15) is 37.6 Å². The van der Waals surface area contributed by atoms with Gasteiger partial charge in [-0.25, -0.2) is 4.98 Å². The van der Waals surface area contributed by atoms with E-state index >= 15 is 0 Å². The van der Waals surface area contributed by atoms with Gasteiger partial charge in [-0.05, 0) is 31.7 Å². The zero-order chi connectivity index (χ0) is 19.9. The van der Waals surface area contributed by atoms with E-state index in [1.807, 2.05) is 41.1 Å². The van der Waals surface area contributed by atoms with Crippen molar-refractivity contribution in [3.63, 3.8) is 0 Å². The number of hydrogen-bond acceptors (Lipinski definition) is 3. The van der Waals surface area contributed by atoms with Crippen LogP contribution in [-0.2, 0) is 22.6 Å². The van der Waals surface area contributed by atoms with Crippen LogP contribution in [0.5, 0.6) is 0 Å². The van der Waals surface area contributed by atoms with Crippen molar-refractivity contribution in [2.24, 2.45) is 0 Å². The topological polar surface area (TPSA) is 58.4 Å². The number of amides is 2. The standard InChI is InChI=1S/C22H30N4O2/c1-18-23-12-14-24(18)15-16-26(19(2)27)21-11-13-25(17-21)22(28)10-6-9-20-7-4-3-5-8-20/h3-5,7-8,12,14,21H,6,9-11,13,15-17H2,1-2H3. The zero-order valence-corrected chi connectivity index (χ0v) is 16.9. The molecule has 0 spiro atoms. The molecule has 0 radical (unpaired) electrons. The van der Waals surface area contributed by atoms with Crippen LogP contribution in [0.2, 0.25) is 0 Å². The number of carbonyl (C=O) groups is 2. The van der Waals surface area contributed by atoms with Gasteiger partial charge in [-0.1, -0.05) is 30.3 Å². The number of likely N-dealkylation sites (tertiary alicyclic amines) is 1. The van der Waals surface area contributed by atoms with Crippen molar-refractivity contribution in [3.05, 3.63) is 54.1 Å². The molecule has 150 valence electrons. The highest BCUT2D eigenvalue weighted by Crippen LogP contribution is 2.18. The lowest BCUT2D eigenvalue weighted by Crippen LogP contribution is -2.43. The van der Waals surface area contributed by atoms with Crippen LogP contribution in [-0.4, -0.2) is 56.8 Å². The van der Waals surface area contributed by atoms with E-state index in [9.17, 15) is 9.59 Å². The number of carbonyl (C=O) groups excluding carboxylic acids is 2. The average molecular weight is 383 g/mol. The fraction of sp³-hybridized carbons (Fsp3) is 0.500. The molecule has 2 aromatic rings. The van der Waals surface area contributed by atoms with Gasteiger partial charge in [-0.2, -0.15) is 0 Å². The Morgan fingerprint density at radius 3 is 2.71 bits per heavy atom. The maximum atomic E-state index is 12.6. The average Bonchev–Trinajstić information content (AvgIpc) is 3.32. The molecule has 2 amide bonds. The lowest BCUT2D eigenvalue weighted by molar-refractivity contribution is -0.133. The Morgan fingerprint density at radius 1 is 1.25 bits per heavy atom. The quantitative estimate of drug-likeness (QED) is 0.705. The third-order valence-corrected chi connectivity index (χ3v) is 5.57. The Bertz CT molecular complexity index is 787. The molecule has 0 bridgehead atoms. The largest absolute Gasteiger partial charge is 0.341 e. The van der Waals surface area contributed by atoms with Gasteiger partial charge in [0.25, 0.3) is 0 Å². The first-order valence-electron chi connectivity index (χ1n) is 10.1. The molecule has 6 heteroatoms. The molecule has 0 aliphatic carbocycles. The predicted octanol–water partition coefficient (Wildman–Crippen LogP) is 2.66. The molecule has 1 aliphatic rings. The summed E-state index contributed by atoms with van der Waals surface area (Å²) in [6, 6.07) is 10.4. The van der Waals surface area contributed by atoms with E-state index in [0.717, 1.165) is 38.2 Å². The Balaban J connectivity index is 1.47. The molecule has 0 N–H and O–H groups in total. The van der Waals surface area contributed by atoms with Crippen LogP contribution < -0.4 is 0 Å². The van der Waals surface area contributed by atoms with Gasteiger partial charge in [0.05, 0.1) is 6.04 Å². The maximum Gasteiger partial charge on any atom is 0.222 e. The van der Waals surface area contributed by atoms with Crippen LogP contribution in [0, 0.1) is 6.92 Å². The molecule has 1 saturated heterocycles. The van der Waals surface area contributed by atoms with Gasteiger partial charge in [0.15, 0.2) is 0 Å². The summed E-state index contributed by atoms with van der Waals surface area (Å²) in [7, 11) is 0. The number of aryl methyl sites for hydroxylation is 2. The van der Waals surface area contributed by atoms with E-state index in [2.05, 4.69) is 21.7 Å². The zero-order valence-electron chi connectivity index (χ0n) is 16.9.